The molecule has 2 atom stereocenters. The molecule has 0 bridgehead atoms. The summed E-state index contributed by atoms with van der Waals surface area (Å²) in [7, 11) is -2.92. The van der Waals surface area contributed by atoms with E-state index in [1.54, 1.807) is 0 Å². The largest absolute Gasteiger partial charge is 0.349 e. The molecule has 0 saturated carbocycles. The van der Waals surface area contributed by atoms with E-state index in [-0.39, 0.29) is 29.4 Å². The van der Waals surface area contributed by atoms with Gasteiger partial charge in [0, 0.05) is 6.42 Å². The Morgan fingerprint density at radius 2 is 2.00 bits per heavy atom. The van der Waals surface area contributed by atoms with Crippen molar-refractivity contribution in [3.05, 3.63) is 35.9 Å². The minimum absolute atomic E-state index is 0.0212. The van der Waals surface area contributed by atoms with Crippen LogP contribution >= 0.6 is 0 Å². The molecule has 0 unspecified atom stereocenters. The lowest BCUT2D eigenvalue weighted by atomic mass is 9.99. The van der Waals surface area contributed by atoms with E-state index in [0.29, 0.717) is 12.8 Å². The van der Waals surface area contributed by atoms with E-state index >= 15 is 0 Å². The van der Waals surface area contributed by atoms with Crippen molar-refractivity contribution in [3.63, 3.8) is 0 Å². The molecule has 128 valence electrons. The number of unbranched alkanes of at least 4 members (excludes halogenated alkanes) is 2. The average Bonchev–Trinajstić information content (AvgIpc) is 2.86. The number of hydrogen-bond donors (Lipinski definition) is 1. The number of nitrogens with one attached hydrogen (secondary N) is 1. The van der Waals surface area contributed by atoms with Crippen molar-refractivity contribution in [3.8, 4) is 0 Å². The summed E-state index contributed by atoms with van der Waals surface area (Å²) in [6, 6.07) is 10.0. The summed E-state index contributed by atoms with van der Waals surface area (Å²) in [5, 5.41) is 3.11. The number of amides is 1. The zero-order valence-electron chi connectivity index (χ0n) is 13.8. The summed E-state index contributed by atoms with van der Waals surface area (Å²) in [5.41, 5.74) is 1.12. The van der Waals surface area contributed by atoms with Crippen LogP contribution in [0.2, 0.25) is 0 Å². The summed E-state index contributed by atoms with van der Waals surface area (Å²) < 4.78 is 23.0. The zero-order valence-corrected chi connectivity index (χ0v) is 14.6. The number of sulfone groups is 1. The Morgan fingerprint density at radius 1 is 1.26 bits per heavy atom. The lowest BCUT2D eigenvalue weighted by Gasteiger charge is -2.20. The van der Waals surface area contributed by atoms with E-state index < -0.39 is 9.84 Å². The van der Waals surface area contributed by atoms with Gasteiger partial charge < -0.3 is 5.32 Å². The highest BCUT2D eigenvalue weighted by molar-refractivity contribution is 7.91. The van der Waals surface area contributed by atoms with Crippen LogP contribution in [0.15, 0.2) is 30.3 Å². The van der Waals surface area contributed by atoms with Gasteiger partial charge in [0.2, 0.25) is 5.91 Å². The number of rotatable bonds is 8. The highest BCUT2D eigenvalue weighted by Crippen LogP contribution is 2.24. The number of carbonyl (C=O) groups is 1. The second-order valence-corrected chi connectivity index (χ2v) is 8.73. The highest BCUT2D eigenvalue weighted by Gasteiger charge is 2.29. The van der Waals surface area contributed by atoms with Gasteiger partial charge in [-0.05, 0) is 24.3 Å². The van der Waals surface area contributed by atoms with Gasteiger partial charge in [-0.15, -0.1) is 0 Å². The molecule has 0 radical (unpaired) electrons. The smallest absolute Gasteiger partial charge is 0.220 e. The fraction of sp³-hybridized carbons (Fsp3) is 0.611. The molecule has 1 aromatic rings. The molecular weight excluding hydrogens is 310 g/mol. The molecule has 1 aliphatic heterocycles. The molecule has 1 fully saturated rings. The van der Waals surface area contributed by atoms with Gasteiger partial charge in [-0.3, -0.25) is 4.79 Å². The predicted octanol–water partition coefficient (Wildman–Crippen LogP) is 3.25. The second-order valence-electron chi connectivity index (χ2n) is 6.50. The molecular formula is C18H27NO3S. The molecule has 1 heterocycles. The van der Waals surface area contributed by atoms with Crippen molar-refractivity contribution in [2.75, 3.05) is 11.5 Å². The summed E-state index contributed by atoms with van der Waals surface area (Å²) in [6.07, 6.45) is 5.23. The molecule has 1 aromatic carbocycles. The summed E-state index contributed by atoms with van der Waals surface area (Å²) in [6.45, 7) is 2.16. The van der Waals surface area contributed by atoms with Crippen LogP contribution in [0.3, 0.4) is 0 Å². The van der Waals surface area contributed by atoms with E-state index in [1.165, 1.54) is 0 Å². The van der Waals surface area contributed by atoms with Crippen LogP contribution in [0.5, 0.6) is 0 Å². The van der Waals surface area contributed by atoms with Gasteiger partial charge in [0.15, 0.2) is 9.84 Å². The van der Waals surface area contributed by atoms with E-state index in [4.69, 9.17) is 0 Å². The van der Waals surface area contributed by atoms with Crippen LogP contribution in [0.4, 0.5) is 0 Å². The maximum Gasteiger partial charge on any atom is 0.220 e. The van der Waals surface area contributed by atoms with E-state index in [0.717, 1.165) is 31.2 Å². The monoisotopic (exact) mass is 337 g/mol. The number of benzene rings is 1. The third-order valence-corrected chi connectivity index (χ3v) is 6.27. The Bertz CT molecular complexity index is 598. The Labute approximate surface area is 139 Å². The van der Waals surface area contributed by atoms with Crippen molar-refractivity contribution in [1.29, 1.82) is 0 Å². The predicted molar refractivity (Wildman–Crippen MR) is 92.8 cm³/mol. The Balaban J connectivity index is 1.92. The number of carbonyl (C=O) groups excluding carboxylic acids is 1. The topological polar surface area (TPSA) is 63.2 Å². The summed E-state index contributed by atoms with van der Waals surface area (Å²) in [5.74, 6) is 0.333. The summed E-state index contributed by atoms with van der Waals surface area (Å²) in [4.78, 5) is 12.3. The van der Waals surface area contributed by atoms with Crippen molar-refractivity contribution < 1.29 is 13.2 Å². The Hall–Kier alpha value is -1.36. The maximum atomic E-state index is 12.3. The van der Waals surface area contributed by atoms with Gasteiger partial charge in [-0.2, -0.15) is 0 Å². The standard InChI is InChI=1S/C18H27NO3S/c1-2-3-5-10-17(16-8-6-4-7-9-16)19-18(20)13-15-11-12-23(21,22)14-15/h4,6-9,15,17H,2-3,5,10-14H2,1H3,(H,19,20)/t15-,17-/m1/s1. The van der Waals surface area contributed by atoms with Gasteiger partial charge in [0.1, 0.15) is 0 Å². The Morgan fingerprint density at radius 3 is 2.61 bits per heavy atom. The van der Waals surface area contributed by atoms with Crippen molar-refractivity contribution in [1.82, 2.24) is 5.32 Å². The van der Waals surface area contributed by atoms with E-state index in [1.807, 2.05) is 30.3 Å². The first-order valence-corrected chi connectivity index (χ1v) is 10.4. The molecule has 1 saturated heterocycles. The second kappa shape index (κ2) is 8.48. The van der Waals surface area contributed by atoms with Crippen LogP contribution in [0.1, 0.15) is 57.1 Å². The van der Waals surface area contributed by atoms with Crippen molar-refractivity contribution >= 4 is 15.7 Å². The first-order valence-electron chi connectivity index (χ1n) is 8.55. The third-order valence-electron chi connectivity index (χ3n) is 4.43. The Kier molecular flexibility index (Phi) is 6.63. The molecule has 1 amide bonds. The molecule has 0 spiro atoms. The molecule has 0 aliphatic carbocycles. The zero-order chi connectivity index (χ0) is 16.7. The molecule has 4 nitrogen and oxygen atoms in total. The number of hydrogen-bond acceptors (Lipinski definition) is 3. The van der Waals surface area contributed by atoms with E-state index in [9.17, 15) is 13.2 Å². The third kappa shape index (κ3) is 5.98. The fourth-order valence-corrected chi connectivity index (χ4v) is 5.02. The van der Waals surface area contributed by atoms with Gasteiger partial charge >= 0.3 is 0 Å². The van der Waals surface area contributed by atoms with Crippen LogP contribution in [0, 0.1) is 5.92 Å². The minimum Gasteiger partial charge on any atom is -0.349 e. The van der Waals surface area contributed by atoms with Crippen LogP contribution in [0.25, 0.3) is 0 Å². The minimum atomic E-state index is -2.92. The first kappa shape index (κ1) is 18.0. The van der Waals surface area contributed by atoms with Gasteiger partial charge in [-0.1, -0.05) is 56.5 Å². The maximum absolute atomic E-state index is 12.3. The van der Waals surface area contributed by atoms with Crippen molar-refractivity contribution in [2.24, 2.45) is 5.92 Å². The SMILES string of the molecule is CCCCC[C@@H](NC(=O)C[C@H]1CCS(=O)(=O)C1)c1ccccc1. The molecule has 1 aliphatic rings. The van der Waals surface area contributed by atoms with Gasteiger partial charge in [-0.25, -0.2) is 8.42 Å². The molecule has 5 heteroatoms. The normalized spacial score (nSPS) is 21.0. The average molecular weight is 337 g/mol. The van der Waals surface area contributed by atoms with Gasteiger partial charge in [0.05, 0.1) is 17.5 Å². The van der Waals surface area contributed by atoms with Gasteiger partial charge in [0.25, 0.3) is 0 Å². The molecule has 1 N–H and O–H groups in total. The quantitative estimate of drug-likeness (QED) is 0.741. The molecule has 23 heavy (non-hydrogen) atoms. The van der Waals surface area contributed by atoms with E-state index in [2.05, 4.69) is 12.2 Å². The molecule has 0 aromatic heterocycles. The van der Waals surface area contributed by atoms with Crippen LogP contribution in [-0.4, -0.2) is 25.8 Å². The molecule has 2 rings (SSSR count). The lowest BCUT2D eigenvalue weighted by molar-refractivity contribution is -0.122. The van der Waals surface area contributed by atoms with Crippen LogP contribution in [-0.2, 0) is 14.6 Å². The first-order chi connectivity index (χ1) is 11.0. The van der Waals surface area contributed by atoms with Crippen molar-refractivity contribution in [2.45, 2.75) is 51.5 Å². The lowest BCUT2D eigenvalue weighted by Crippen LogP contribution is -2.30. The summed E-state index contributed by atoms with van der Waals surface area (Å²) >= 11 is 0. The highest BCUT2D eigenvalue weighted by atomic mass is 32.2. The van der Waals surface area contributed by atoms with Crippen LogP contribution < -0.4 is 5.32 Å². The fourth-order valence-electron chi connectivity index (χ4n) is 3.15.